The summed E-state index contributed by atoms with van der Waals surface area (Å²) in [6.07, 6.45) is 1.82. The van der Waals surface area contributed by atoms with Crippen LogP contribution in [0, 0.1) is 6.92 Å². The highest BCUT2D eigenvalue weighted by Gasteiger charge is 2.05. The summed E-state index contributed by atoms with van der Waals surface area (Å²) < 4.78 is 2.12. The van der Waals surface area contributed by atoms with Gasteiger partial charge in [0.15, 0.2) is 0 Å². The van der Waals surface area contributed by atoms with Gasteiger partial charge in [0.05, 0.1) is 5.52 Å². The van der Waals surface area contributed by atoms with Crippen molar-refractivity contribution in [1.29, 1.82) is 0 Å². The van der Waals surface area contributed by atoms with E-state index >= 15 is 0 Å². The number of nitrogens with zero attached hydrogens (tertiary/aromatic N) is 1. The van der Waals surface area contributed by atoms with Crippen molar-refractivity contribution >= 4 is 54.1 Å². The predicted octanol–water partition coefficient (Wildman–Crippen LogP) is 5.81. The van der Waals surface area contributed by atoms with Gasteiger partial charge in [0.25, 0.3) is 0 Å². The van der Waals surface area contributed by atoms with E-state index in [4.69, 9.17) is 0 Å². The van der Waals surface area contributed by atoms with Crippen molar-refractivity contribution in [1.82, 2.24) is 4.98 Å². The van der Waals surface area contributed by atoms with Crippen LogP contribution in [-0.2, 0) is 0 Å². The number of nitrogens with one attached hydrogen (secondary N) is 1. The van der Waals surface area contributed by atoms with E-state index in [9.17, 15) is 0 Å². The van der Waals surface area contributed by atoms with Gasteiger partial charge in [-0.05, 0) is 55.0 Å². The summed E-state index contributed by atoms with van der Waals surface area (Å²) >= 11 is 6.96. The SMILES string of the molecule is Cc1cc(Br)ccc1Nc1ccnc2cc(Br)ccc12. The van der Waals surface area contributed by atoms with Gasteiger partial charge in [-0.15, -0.1) is 0 Å². The fourth-order valence-corrected chi connectivity index (χ4v) is 2.97. The Morgan fingerprint density at radius 1 is 0.900 bits per heavy atom. The van der Waals surface area contributed by atoms with Gasteiger partial charge in [-0.3, -0.25) is 4.98 Å². The third kappa shape index (κ3) is 2.72. The van der Waals surface area contributed by atoms with Gasteiger partial charge in [-0.1, -0.05) is 31.9 Å². The summed E-state index contributed by atoms with van der Waals surface area (Å²) in [7, 11) is 0. The molecule has 0 atom stereocenters. The van der Waals surface area contributed by atoms with Gasteiger partial charge in [0, 0.05) is 31.9 Å². The monoisotopic (exact) mass is 390 g/mol. The molecule has 2 nitrogen and oxygen atoms in total. The molecule has 0 aliphatic carbocycles. The molecular formula is C16H12Br2N2. The maximum absolute atomic E-state index is 4.40. The van der Waals surface area contributed by atoms with Crippen LogP contribution in [0.15, 0.2) is 57.6 Å². The largest absolute Gasteiger partial charge is 0.355 e. The van der Waals surface area contributed by atoms with Crippen LogP contribution < -0.4 is 5.32 Å². The third-order valence-electron chi connectivity index (χ3n) is 3.16. The van der Waals surface area contributed by atoms with Crippen molar-refractivity contribution < 1.29 is 0 Å². The van der Waals surface area contributed by atoms with E-state index in [0.717, 1.165) is 31.2 Å². The first-order chi connectivity index (χ1) is 9.63. The average Bonchev–Trinajstić information content (AvgIpc) is 2.41. The molecule has 20 heavy (non-hydrogen) atoms. The second-order valence-corrected chi connectivity index (χ2v) is 6.44. The molecule has 1 heterocycles. The first-order valence-corrected chi connectivity index (χ1v) is 7.79. The Bertz CT molecular complexity index is 785. The smallest absolute Gasteiger partial charge is 0.0734 e. The Morgan fingerprint density at radius 2 is 1.65 bits per heavy atom. The van der Waals surface area contributed by atoms with E-state index in [-0.39, 0.29) is 0 Å². The zero-order valence-electron chi connectivity index (χ0n) is 10.8. The second-order valence-electron chi connectivity index (χ2n) is 4.60. The molecule has 3 aromatic rings. The van der Waals surface area contributed by atoms with Crippen LogP contribution in [0.5, 0.6) is 0 Å². The van der Waals surface area contributed by atoms with Gasteiger partial charge in [0.1, 0.15) is 0 Å². The zero-order chi connectivity index (χ0) is 14.1. The lowest BCUT2D eigenvalue weighted by molar-refractivity contribution is 1.38. The Kier molecular flexibility index (Phi) is 3.76. The molecule has 0 aliphatic rings. The molecule has 1 aromatic heterocycles. The minimum absolute atomic E-state index is 0.971. The molecule has 0 bridgehead atoms. The molecule has 0 spiro atoms. The summed E-state index contributed by atoms with van der Waals surface area (Å²) in [5.41, 5.74) is 4.33. The number of benzene rings is 2. The first-order valence-electron chi connectivity index (χ1n) is 6.21. The fourth-order valence-electron chi connectivity index (χ4n) is 2.14. The lowest BCUT2D eigenvalue weighted by atomic mass is 10.1. The van der Waals surface area contributed by atoms with Crippen molar-refractivity contribution in [2.75, 3.05) is 5.32 Å². The van der Waals surface area contributed by atoms with E-state index in [1.807, 2.05) is 30.5 Å². The number of aromatic nitrogens is 1. The second kappa shape index (κ2) is 5.54. The molecular weight excluding hydrogens is 380 g/mol. The van der Waals surface area contributed by atoms with Gasteiger partial charge in [-0.25, -0.2) is 0 Å². The number of aryl methyl sites for hydroxylation is 1. The maximum atomic E-state index is 4.40. The number of hydrogen-bond acceptors (Lipinski definition) is 2. The summed E-state index contributed by atoms with van der Waals surface area (Å²) in [6, 6.07) is 14.3. The molecule has 0 radical (unpaired) electrons. The summed E-state index contributed by atoms with van der Waals surface area (Å²) in [6.45, 7) is 2.09. The highest BCUT2D eigenvalue weighted by molar-refractivity contribution is 9.10. The Balaban J connectivity index is 2.06. The van der Waals surface area contributed by atoms with Crippen LogP contribution in [0.4, 0.5) is 11.4 Å². The molecule has 1 N–H and O–H groups in total. The van der Waals surface area contributed by atoms with Crippen molar-refractivity contribution in [3.63, 3.8) is 0 Å². The van der Waals surface area contributed by atoms with Gasteiger partial charge in [-0.2, -0.15) is 0 Å². The van der Waals surface area contributed by atoms with Gasteiger partial charge < -0.3 is 5.32 Å². The van der Waals surface area contributed by atoms with Crippen LogP contribution >= 0.6 is 31.9 Å². The van der Waals surface area contributed by atoms with Crippen LogP contribution in [0.1, 0.15) is 5.56 Å². The molecule has 0 saturated heterocycles. The lowest BCUT2D eigenvalue weighted by Gasteiger charge is -2.12. The zero-order valence-corrected chi connectivity index (χ0v) is 14.0. The van der Waals surface area contributed by atoms with Gasteiger partial charge in [0.2, 0.25) is 0 Å². The molecule has 4 heteroatoms. The number of hydrogen-bond donors (Lipinski definition) is 1. The Morgan fingerprint density at radius 3 is 2.45 bits per heavy atom. The molecule has 0 unspecified atom stereocenters. The van der Waals surface area contributed by atoms with E-state index in [2.05, 4.69) is 67.3 Å². The lowest BCUT2D eigenvalue weighted by Crippen LogP contribution is -1.95. The van der Waals surface area contributed by atoms with Crippen molar-refractivity contribution in [3.05, 3.63) is 63.2 Å². The number of fused-ring (bicyclic) bond motifs is 1. The normalized spacial score (nSPS) is 10.8. The van der Waals surface area contributed by atoms with Gasteiger partial charge >= 0.3 is 0 Å². The van der Waals surface area contributed by atoms with Crippen molar-refractivity contribution in [2.24, 2.45) is 0 Å². The fraction of sp³-hybridized carbons (Fsp3) is 0.0625. The predicted molar refractivity (Wildman–Crippen MR) is 91.6 cm³/mol. The topological polar surface area (TPSA) is 24.9 Å². The number of rotatable bonds is 2. The maximum Gasteiger partial charge on any atom is 0.0734 e. The van der Waals surface area contributed by atoms with Crippen LogP contribution in [-0.4, -0.2) is 4.98 Å². The summed E-state index contributed by atoms with van der Waals surface area (Å²) in [4.78, 5) is 4.40. The molecule has 0 saturated carbocycles. The number of halogens is 2. The Labute approximate surface area is 134 Å². The van der Waals surface area contributed by atoms with E-state index in [1.165, 1.54) is 5.56 Å². The quantitative estimate of drug-likeness (QED) is 0.595. The minimum Gasteiger partial charge on any atom is -0.355 e. The molecule has 0 amide bonds. The summed E-state index contributed by atoms with van der Waals surface area (Å²) in [5.74, 6) is 0. The average molecular weight is 392 g/mol. The number of anilines is 2. The van der Waals surface area contributed by atoms with E-state index in [0.29, 0.717) is 0 Å². The van der Waals surface area contributed by atoms with Crippen LogP contribution in [0.2, 0.25) is 0 Å². The van der Waals surface area contributed by atoms with Crippen LogP contribution in [0.25, 0.3) is 10.9 Å². The van der Waals surface area contributed by atoms with E-state index < -0.39 is 0 Å². The standard InChI is InChI=1S/C16H12Br2N2/c1-10-8-11(17)3-5-14(10)20-15-6-7-19-16-9-12(18)2-4-13(15)16/h2-9H,1H3,(H,19,20). The molecule has 2 aromatic carbocycles. The van der Waals surface area contributed by atoms with Crippen LogP contribution in [0.3, 0.4) is 0 Å². The highest BCUT2D eigenvalue weighted by Crippen LogP contribution is 2.29. The van der Waals surface area contributed by atoms with E-state index in [1.54, 1.807) is 0 Å². The van der Waals surface area contributed by atoms with Crippen molar-refractivity contribution in [2.45, 2.75) is 6.92 Å². The van der Waals surface area contributed by atoms with Crippen molar-refractivity contribution in [3.8, 4) is 0 Å². The minimum atomic E-state index is 0.971. The molecule has 100 valence electrons. The Hall–Kier alpha value is -1.39. The molecule has 3 rings (SSSR count). The molecule has 0 fully saturated rings. The highest BCUT2D eigenvalue weighted by atomic mass is 79.9. The number of pyridine rings is 1. The third-order valence-corrected chi connectivity index (χ3v) is 4.15. The molecule has 0 aliphatic heterocycles. The summed E-state index contributed by atoms with van der Waals surface area (Å²) in [5, 5.41) is 4.60. The first kappa shape index (κ1) is 13.6.